The molecule has 0 aliphatic carbocycles. The average Bonchev–Trinajstić information content (AvgIpc) is 2.55. The molecule has 0 radical (unpaired) electrons. The second-order valence-corrected chi connectivity index (χ2v) is 5.48. The topological polar surface area (TPSA) is 50.4 Å². The Balaban J connectivity index is 1.76. The van der Waals surface area contributed by atoms with Crippen molar-refractivity contribution >= 4 is 28.0 Å². The molecule has 0 aromatic heterocycles. The monoisotopic (exact) mass is 360 g/mol. The van der Waals surface area contributed by atoms with Crippen molar-refractivity contribution in [3.05, 3.63) is 70.3 Å². The molecule has 0 fully saturated rings. The van der Waals surface area contributed by atoms with Crippen molar-refractivity contribution in [3.63, 3.8) is 0 Å². The van der Waals surface area contributed by atoms with Crippen molar-refractivity contribution in [2.45, 2.75) is 6.54 Å². The maximum absolute atomic E-state index is 11.7. The molecule has 0 spiro atoms. The number of hydrogen-bond donors (Lipinski definition) is 2. The van der Waals surface area contributed by atoms with Gasteiger partial charge in [-0.05, 0) is 41.5 Å². The second-order valence-electron chi connectivity index (χ2n) is 4.56. The van der Waals surface area contributed by atoms with E-state index < -0.39 is 0 Å². The van der Waals surface area contributed by atoms with E-state index in [1.165, 1.54) is 0 Å². The van der Waals surface area contributed by atoms with Crippen LogP contribution in [0.15, 0.2) is 59.2 Å². The number of halogens is 1. The van der Waals surface area contributed by atoms with Crippen LogP contribution >= 0.6 is 15.9 Å². The first-order chi connectivity index (χ1) is 10.7. The highest BCUT2D eigenvalue weighted by Gasteiger charge is 1.98. The van der Waals surface area contributed by atoms with Crippen LogP contribution in [0.1, 0.15) is 11.1 Å². The van der Waals surface area contributed by atoms with Crippen molar-refractivity contribution in [1.82, 2.24) is 10.6 Å². The summed E-state index contributed by atoms with van der Waals surface area (Å²) in [7, 11) is 1.62. The molecule has 2 rings (SSSR count). The van der Waals surface area contributed by atoms with E-state index in [1.807, 2.05) is 54.6 Å². The highest BCUT2D eigenvalue weighted by atomic mass is 79.9. The van der Waals surface area contributed by atoms with Gasteiger partial charge >= 0.3 is 6.03 Å². The summed E-state index contributed by atoms with van der Waals surface area (Å²) < 4.78 is 6.11. The first-order valence-electron chi connectivity index (χ1n) is 6.77. The van der Waals surface area contributed by atoms with Crippen LogP contribution in [0.3, 0.4) is 0 Å². The minimum absolute atomic E-state index is 0.246. The molecule has 114 valence electrons. The average molecular weight is 361 g/mol. The van der Waals surface area contributed by atoms with Gasteiger partial charge in [-0.3, -0.25) is 0 Å². The SMILES string of the molecule is COc1ccc(CNC(=O)N/C=C/c2ccc(Br)cc2)cc1. The number of hydrogen-bond acceptors (Lipinski definition) is 2. The minimum Gasteiger partial charge on any atom is -0.497 e. The summed E-state index contributed by atoms with van der Waals surface area (Å²) >= 11 is 3.38. The van der Waals surface area contributed by atoms with Crippen molar-refractivity contribution < 1.29 is 9.53 Å². The predicted octanol–water partition coefficient (Wildman–Crippen LogP) is 3.93. The smallest absolute Gasteiger partial charge is 0.319 e. The summed E-state index contributed by atoms with van der Waals surface area (Å²) in [4.78, 5) is 11.7. The highest BCUT2D eigenvalue weighted by Crippen LogP contribution is 2.11. The summed E-state index contributed by atoms with van der Waals surface area (Å²) in [6.07, 6.45) is 3.45. The Labute approximate surface area is 138 Å². The number of benzene rings is 2. The van der Waals surface area contributed by atoms with E-state index in [1.54, 1.807) is 13.3 Å². The lowest BCUT2D eigenvalue weighted by Gasteiger charge is -2.06. The molecule has 4 nitrogen and oxygen atoms in total. The summed E-state index contributed by atoms with van der Waals surface area (Å²) in [5.41, 5.74) is 2.02. The van der Waals surface area contributed by atoms with Gasteiger partial charge in [0.2, 0.25) is 0 Å². The molecule has 2 amide bonds. The molecule has 0 bridgehead atoms. The van der Waals surface area contributed by atoms with E-state index in [0.29, 0.717) is 6.54 Å². The molecule has 2 aromatic rings. The maximum atomic E-state index is 11.7. The van der Waals surface area contributed by atoms with E-state index in [4.69, 9.17) is 4.74 Å². The van der Waals surface area contributed by atoms with Gasteiger partial charge in [-0.25, -0.2) is 4.79 Å². The number of urea groups is 1. The Morgan fingerprint density at radius 2 is 1.82 bits per heavy atom. The van der Waals surface area contributed by atoms with E-state index in [-0.39, 0.29) is 6.03 Å². The summed E-state index contributed by atoms with van der Waals surface area (Å²) in [6, 6.07) is 15.1. The minimum atomic E-state index is -0.246. The third-order valence-corrected chi connectivity index (χ3v) is 3.50. The van der Waals surface area contributed by atoms with Crippen molar-refractivity contribution in [2.75, 3.05) is 7.11 Å². The van der Waals surface area contributed by atoms with Crippen LogP contribution in [0.25, 0.3) is 6.08 Å². The summed E-state index contributed by atoms with van der Waals surface area (Å²) in [6.45, 7) is 0.460. The van der Waals surface area contributed by atoms with Crippen molar-refractivity contribution in [1.29, 1.82) is 0 Å². The normalized spacial score (nSPS) is 10.5. The van der Waals surface area contributed by atoms with Gasteiger partial charge in [0.05, 0.1) is 7.11 Å². The Morgan fingerprint density at radius 3 is 2.45 bits per heavy atom. The standard InChI is InChI=1S/C17H17BrN2O2/c1-22-16-8-4-14(5-9-16)12-20-17(21)19-11-10-13-2-6-15(18)7-3-13/h2-11H,12H2,1H3,(H2,19,20,21)/b11-10+. The van der Waals surface area contributed by atoms with E-state index in [2.05, 4.69) is 26.6 Å². The maximum Gasteiger partial charge on any atom is 0.319 e. The van der Waals surface area contributed by atoms with Crippen LogP contribution in [-0.4, -0.2) is 13.1 Å². The number of carbonyl (C=O) groups is 1. The third-order valence-electron chi connectivity index (χ3n) is 2.97. The zero-order valence-corrected chi connectivity index (χ0v) is 13.8. The van der Waals surface area contributed by atoms with Crippen LogP contribution in [0.4, 0.5) is 4.79 Å². The van der Waals surface area contributed by atoms with Crippen molar-refractivity contribution in [3.8, 4) is 5.75 Å². The fourth-order valence-corrected chi connectivity index (χ4v) is 2.03. The fourth-order valence-electron chi connectivity index (χ4n) is 1.76. The Hall–Kier alpha value is -2.27. The molecule has 0 aliphatic rings. The fraction of sp³-hybridized carbons (Fsp3) is 0.118. The molecule has 0 saturated heterocycles. The molecular formula is C17H17BrN2O2. The van der Waals surface area contributed by atoms with Crippen LogP contribution in [0, 0.1) is 0 Å². The van der Waals surface area contributed by atoms with Gasteiger partial charge < -0.3 is 15.4 Å². The lowest BCUT2D eigenvalue weighted by Crippen LogP contribution is -2.31. The molecule has 0 aliphatic heterocycles. The molecule has 5 heteroatoms. The van der Waals surface area contributed by atoms with Crippen LogP contribution in [0.2, 0.25) is 0 Å². The van der Waals surface area contributed by atoms with Gasteiger partial charge in [0, 0.05) is 17.2 Å². The lowest BCUT2D eigenvalue weighted by atomic mass is 10.2. The molecule has 0 unspecified atom stereocenters. The molecule has 2 aromatic carbocycles. The number of nitrogens with one attached hydrogen (secondary N) is 2. The summed E-state index contributed by atoms with van der Waals surface area (Å²) in [5, 5.41) is 5.45. The first kappa shape index (κ1) is 16.1. The van der Waals surface area contributed by atoms with Gasteiger partial charge in [-0.2, -0.15) is 0 Å². The van der Waals surface area contributed by atoms with Crippen molar-refractivity contribution in [2.24, 2.45) is 0 Å². The first-order valence-corrected chi connectivity index (χ1v) is 7.56. The Bertz CT molecular complexity index is 637. The van der Waals surface area contributed by atoms with Crippen LogP contribution in [-0.2, 0) is 6.54 Å². The summed E-state index contributed by atoms with van der Waals surface area (Å²) in [5.74, 6) is 0.797. The molecule has 0 heterocycles. The third kappa shape index (κ3) is 5.26. The number of ether oxygens (including phenoxy) is 1. The van der Waals surface area contributed by atoms with E-state index in [0.717, 1.165) is 21.3 Å². The quantitative estimate of drug-likeness (QED) is 0.848. The van der Waals surface area contributed by atoms with Gasteiger partial charge in [-0.1, -0.05) is 40.2 Å². The Kier molecular flexibility index (Phi) is 6.03. The van der Waals surface area contributed by atoms with Gasteiger partial charge in [-0.15, -0.1) is 0 Å². The molecule has 0 atom stereocenters. The molecular weight excluding hydrogens is 344 g/mol. The van der Waals surface area contributed by atoms with E-state index in [9.17, 15) is 4.79 Å². The number of methoxy groups -OCH3 is 1. The van der Waals surface area contributed by atoms with Crippen LogP contribution in [0.5, 0.6) is 5.75 Å². The second kappa shape index (κ2) is 8.24. The number of amides is 2. The van der Waals surface area contributed by atoms with Gasteiger partial charge in [0.1, 0.15) is 5.75 Å². The molecule has 0 saturated carbocycles. The molecule has 22 heavy (non-hydrogen) atoms. The lowest BCUT2D eigenvalue weighted by molar-refractivity contribution is 0.244. The highest BCUT2D eigenvalue weighted by molar-refractivity contribution is 9.10. The molecule has 2 N–H and O–H groups in total. The largest absolute Gasteiger partial charge is 0.497 e. The van der Waals surface area contributed by atoms with Gasteiger partial charge in [0.25, 0.3) is 0 Å². The van der Waals surface area contributed by atoms with Gasteiger partial charge in [0.15, 0.2) is 0 Å². The van der Waals surface area contributed by atoms with Crippen LogP contribution < -0.4 is 15.4 Å². The zero-order chi connectivity index (χ0) is 15.8. The predicted molar refractivity (Wildman–Crippen MR) is 91.5 cm³/mol. The van der Waals surface area contributed by atoms with E-state index >= 15 is 0 Å². The number of rotatable bonds is 5. The zero-order valence-electron chi connectivity index (χ0n) is 12.2. The number of carbonyl (C=O) groups excluding carboxylic acids is 1. The Morgan fingerprint density at radius 1 is 1.14 bits per heavy atom.